The molecule has 0 fully saturated rings. The van der Waals surface area contributed by atoms with E-state index in [1.165, 1.54) is 61.4 Å². The highest BCUT2D eigenvalue weighted by Gasteiger charge is 2.19. The van der Waals surface area contributed by atoms with E-state index in [-0.39, 0.29) is 22.6 Å². The van der Waals surface area contributed by atoms with Crippen molar-refractivity contribution >= 4 is 23.9 Å². The van der Waals surface area contributed by atoms with Crippen LogP contribution in [0.15, 0.2) is 48.5 Å². The van der Waals surface area contributed by atoms with E-state index in [1.807, 2.05) is 0 Å². The first-order valence-electron chi connectivity index (χ1n) is 8.86. The third-order valence-electron chi connectivity index (χ3n) is 3.47. The summed E-state index contributed by atoms with van der Waals surface area (Å²) in [6.07, 6.45) is 1.82. The highest BCUT2D eigenvalue weighted by atomic mass is 16.6. The van der Waals surface area contributed by atoms with Gasteiger partial charge in [0.25, 0.3) is 0 Å². The van der Waals surface area contributed by atoms with E-state index in [2.05, 4.69) is 13.8 Å². The van der Waals surface area contributed by atoms with Crippen LogP contribution >= 0.6 is 0 Å². The lowest BCUT2D eigenvalue weighted by molar-refractivity contribution is -0.144. The average molecular weight is 402 g/mol. The largest absolute Gasteiger partial charge is 0.478 e. The molecule has 0 heterocycles. The maximum atomic E-state index is 11.8. The van der Waals surface area contributed by atoms with Gasteiger partial charge in [-0.2, -0.15) is 0 Å². The van der Waals surface area contributed by atoms with E-state index in [0.29, 0.717) is 0 Å². The fraction of sp³-hybridized carbons (Fsp3) is 0.238. The Kier molecular flexibility index (Phi) is 9.60. The number of hydrogen-bond donors (Lipinski definition) is 2. The van der Waals surface area contributed by atoms with Crippen molar-refractivity contribution in [2.45, 2.75) is 33.1 Å². The molecule has 0 spiro atoms. The Morgan fingerprint density at radius 2 is 1.03 bits per heavy atom. The normalized spacial score (nSPS) is 9.59. The molecule has 2 N–H and O–H groups in total. The molecule has 0 aliphatic rings. The predicted molar refractivity (Wildman–Crippen MR) is 103 cm³/mol. The number of rotatable bonds is 7. The molecule has 154 valence electrons. The van der Waals surface area contributed by atoms with Gasteiger partial charge in [-0.05, 0) is 24.3 Å². The first-order valence-corrected chi connectivity index (χ1v) is 8.86. The molecule has 0 aliphatic carbocycles. The standard InChI is InChI=1S/C17H12O8.C4H10/c18-14(24-12-7-3-1-5-10(12)16(20)21)9-15(19)25-13-8-4-2-6-11(13)17(22)23;1-3-4-2/h1-8H,9H2,(H,20,21)(H,22,23);3-4H2,1-2H3. The molecule has 0 aliphatic heterocycles. The van der Waals surface area contributed by atoms with Crippen LogP contribution in [-0.4, -0.2) is 34.1 Å². The average Bonchev–Trinajstić information content (AvgIpc) is 2.68. The van der Waals surface area contributed by atoms with Gasteiger partial charge in [0.2, 0.25) is 0 Å². The number of carboxylic acid groups (broad SMARTS) is 2. The summed E-state index contributed by atoms with van der Waals surface area (Å²) in [6.45, 7) is 4.36. The van der Waals surface area contributed by atoms with Crippen LogP contribution in [0.1, 0.15) is 53.8 Å². The van der Waals surface area contributed by atoms with Crippen LogP contribution in [0.5, 0.6) is 11.5 Å². The molecule has 2 aromatic rings. The zero-order chi connectivity index (χ0) is 21.8. The van der Waals surface area contributed by atoms with E-state index >= 15 is 0 Å². The second-order valence-electron chi connectivity index (χ2n) is 5.73. The van der Waals surface area contributed by atoms with Crippen LogP contribution in [0.25, 0.3) is 0 Å². The molecule has 0 radical (unpaired) electrons. The molecule has 0 unspecified atom stereocenters. The molecular weight excluding hydrogens is 380 g/mol. The van der Waals surface area contributed by atoms with Gasteiger partial charge >= 0.3 is 23.9 Å². The molecular formula is C21H22O8. The van der Waals surface area contributed by atoms with Crippen molar-refractivity contribution in [1.82, 2.24) is 0 Å². The Morgan fingerprint density at radius 1 is 0.690 bits per heavy atom. The molecule has 0 atom stereocenters. The monoisotopic (exact) mass is 402 g/mol. The topological polar surface area (TPSA) is 127 Å². The molecule has 2 rings (SSSR count). The Morgan fingerprint density at radius 3 is 1.34 bits per heavy atom. The summed E-state index contributed by atoms with van der Waals surface area (Å²) in [6, 6.07) is 10.9. The molecule has 2 aromatic carbocycles. The lowest BCUT2D eigenvalue weighted by Gasteiger charge is -2.08. The molecule has 0 bridgehead atoms. The van der Waals surface area contributed by atoms with E-state index < -0.39 is 30.3 Å². The first kappa shape index (κ1) is 23.4. The molecule has 0 aromatic heterocycles. The van der Waals surface area contributed by atoms with Crippen LogP contribution in [0.4, 0.5) is 0 Å². The lowest BCUT2D eigenvalue weighted by atomic mass is 10.2. The minimum absolute atomic E-state index is 0.210. The van der Waals surface area contributed by atoms with Crippen molar-refractivity contribution in [2.75, 3.05) is 0 Å². The van der Waals surface area contributed by atoms with Gasteiger partial charge in [0, 0.05) is 0 Å². The minimum atomic E-state index is -1.29. The van der Waals surface area contributed by atoms with Gasteiger partial charge in [0.1, 0.15) is 29.0 Å². The van der Waals surface area contributed by atoms with Crippen LogP contribution in [-0.2, 0) is 9.59 Å². The second-order valence-corrected chi connectivity index (χ2v) is 5.73. The summed E-state index contributed by atoms with van der Waals surface area (Å²) in [5, 5.41) is 18.0. The number of carbonyl (C=O) groups excluding carboxylic acids is 2. The second kappa shape index (κ2) is 11.9. The number of hydrogen-bond acceptors (Lipinski definition) is 6. The molecule has 29 heavy (non-hydrogen) atoms. The van der Waals surface area contributed by atoms with Crippen LogP contribution in [0.3, 0.4) is 0 Å². The van der Waals surface area contributed by atoms with Crippen LogP contribution < -0.4 is 9.47 Å². The maximum Gasteiger partial charge on any atom is 0.339 e. The number of benzene rings is 2. The predicted octanol–water partition coefficient (Wildman–Crippen LogP) is 3.79. The summed E-state index contributed by atoms with van der Waals surface area (Å²) in [7, 11) is 0. The van der Waals surface area contributed by atoms with Crippen LogP contribution in [0, 0.1) is 0 Å². The van der Waals surface area contributed by atoms with Crippen molar-refractivity contribution in [3.8, 4) is 11.5 Å². The Labute approximate surface area is 167 Å². The van der Waals surface area contributed by atoms with Gasteiger partial charge < -0.3 is 19.7 Å². The lowest BCUT2D eigenvalue weighted by Crippen LogP contribution is -2.19. The smallest absolute Gasteiger partial charge is 0.339 e. The van der Waals surface area contributed by atoms with Crippen molar-refractivity contribution in [3.63, 3.8) is 0 Å². The Balaban J connectivity index is 0.000000960. The summed E-state index contributed by atoms with van der Waals surface area (Å²) >= 11 is 0. The number of esters is 2. The van der Waals surface area contributed by atoms with Gasteiger partial charge in [-0.25, -0.2) is 9.59 Å². The van der Waals surface area contributed by atoms with Crippen molar-refractivity contribution in [1.29, 1.82) is 0 Å². The van der Waals surface area contributed by atoms with Crippen LogP contribution in [0.2, 0.25) is 0 Å². The first-order chi connectivity index (χ1) is 13.8. The third-order valence-corrected chi connectivity index (χ3v) is 3.47. The maximum absolute atomic E-state index is 11.8. The Bertz CT molecular complexity index is 801. The van der Waals surface area contributed by atoms with Gasteiger partial charge in [-0.3, -0.25) is 9.59 Å². The summed E-state index contributed by atoms with van der Waals surface area (Å²) in [5.41, 5.74) is -0.471. The number of aromatic carboxylic acids is 2. The van der Waals surface area contributed by atoms with E-state index in [4.69, 9.17) is 19.7 Å². The quantitative estimate of drug-likeness (QED) is 0.407. The molecule has 0 saturated heterocycles. The summed E-state index contributed by atoms with van der Waals surface area (Å²) < 4.78 is 9.71. The fourth-order valence-electron chi connectivity index (χ4n) is 1.90. The zero-order valence-electron chi connectivity index (χ0n) is 16.1. The minimum Gasteiger partial charge on any atom is -0.478 e. The number of para-hydroxylation sites is 2. The number of unbranched alkanes of at least 4 members (excludes halogenated alkanes) is 1. The Hall–Kier alpha value is -3.68. The summed E-state index contributed by atoms with van der Waals surface area (Å²) in [5.74, 6) is -5.07. The SMILES string of the molecule is CCCC.O=C(CC(=O)Oc1ccccc1C(=O)O)Oc1ccccc1C(=O)O. The molecule has 0 amide bonds. The third kappa shape index (κ3) is 7.84. The van der Waals surface area contributed by atoms with Crippen molar-refractivity contribution in [3.05, 3.63) is 59.7 Å². The molecule has 8 nitrogen and oxygen atoms in total. The zero-order valence-corrected chi connectivity index (χ0v) is 16.1. The van der Waals surface area contributed by atoms with Crippen molar-refractivity contribution in [2.24, 2.45) is 0 Å². The van der Waals surface area contributed by atoms with Crippen molar-refractivity contribution < 1.29 is 38.9 Å². The number of ether oxygens (including phenoxy) is 2. The van der Waals surface area contributed by atoms with Gasteiger partial charge in [0.05, 0.1) is 0 Å². The van der Waals surface area contributed by atoms with Gasteiger partial charge in [-0.15, -0.1) is 0 Å². The van der Waals surface area contributed by atoms with Gasteiger partial charge in [0.15, 0.2) is 0 Å². The highest BCUT2D eigenvalue weighted by Crippen LogP contribution is 2.20. The number of carbonyl (C=O) groups is 4. The van der Waals surface area contributed by atoms with Gasteiger partial charge in [-0.1, -0.05) is 51.0 Å². The molecule has 0 saturated carbocycles. The summed E-state index contributed by atoms with van der Waals surface area (Å²) in [4.78, 5) is 45.6. The van der Waals surface area contributed by atoms with E-state index in [9.17, 15) is 19.2 Å². The fourth-order valence-corrected chi connectivity index (χ4v) is 1.90. The number of carboxylic acids is 2. The highest BCUT2D eigenvalue weighted by molar-refractivity contribution is 5.97. The van der Waals surface area contributed by atoms with E-state index in [0.717, 1.165) is 0 Å². The van der Waals surface area contributed by atoms with E-state index in [1.54, 1.807) is 0 Å². The molecule has 8 heteroatoms.